The van der Waals surface area contributed by atoms with Gasteiger partial charge in [0.05, 0.1) is 0 Å². The molecule has 1 aromatic carbocycles. The summed E-state index contributed by atoms with van der Waals surface area (Å²) in [5.74, 6) is -2.63. The molecule has 3 heterocycles. The van der Waals surface area contributed by atoms with Crippen molar-refractivity contribution < 1.29 is 24.0 Å². The molecule has 2 aliphatic rings. The molecular weight excluding hydrogens is 550 g/mol. The Morgan fingerprint density at radius 2 is 1.51 bits per heavy atom. The van der Waals surface area contributed by atoms with Gasteiger partial charge in [-0.05, 0) is 55.7 Å². The molecule has 0 saturated carbocycles. The number of benzene rings is 1. The number of hydrogen-bond donors (Lipinski definition) is 6. The quantitative estimate of drug-likeness (QED) is 0.274. The number of rotatable bonds is 7. The Morgan fingerprint density at radius 1 is 0.860 bits per heavy atom. The van der Waals surface area contributed by atoms with Gasteiger partial charge in [0.2, 0.25) is 29.5 Å². The van der Waals surface area contributed by atoms with E-state index in [0.29, 0.717) is 25.8 Å². The maximum Gasteiger partial charge on any atom is 0.246 e. The van der Waals surface area contributed by atoms with E-state index < -0.39 is 53.8 Å². The number of amides is 5. The first kappa shape index (κ1) is 32.0. The van der Waals surface area contributed by atoms with E-state index >= 15 is 0 Å². The van der Waals surface area contributed by atoms with Crippen molar-refractivity contribution in [2.24, 2.45) is 17.6 Å². The zero-order valence-electron chi connectivity index (χ0n) is 25.4. The lowest BCUT2D eigenvalue weighted by molar-refractivity contribution is -0.143. The number of carbonyl (C=O) groups is 5. The SMILES string of the molecule is CC(C)C[C@H]1NC(=O)[C@H](Cc2c[nH]c3ccccc23)NC(=O)[C@H](CCN)NC(=O)[C@H]2CCCN2C(=O)[C@H](C(C)C)NC1=O. The van der Waals surface area contributed by atoms with Crippen LogP contribution in [0.3, 0.4) is 0 Å². The molecule has 1 aromatic heterocycles. The molecule has 4 rings (SSSR count). The standard InChI is InChI=1S/C31H45N7O5/c1-17(2)14-23-29(41)37-26(18(3)4)31(43)38-13-7-10-25(38)30(42)34-22(11-12-32)27(39)36-24(28(40)35-23)15-19-16-33-21-9-6-5-8-20(19)21/h5-6,8-9,16-18,22-26,33H,7,10-15,32H2,1-4H3,(H,34,42)(H,35,40)(H,36,39)(H,37,41)/t22-,23+,24-,25+,26-/m0/s1. The van der Waals surface area contributed by atoms with Crippen LogP contribution in [0.25, 0.3) is 10.9 Å². The van der Waals surface area contributed by atoms with Gasteiger partial charge < -0.3 is 36.9 Å². The predicted octanol–water partition coefficient (Wildman–Crippen LogP) is 0.705. The van der Waals surface area contributed by atoms with Crippen LogP contribution in [0, 0.1) is 11.8 Å². The zero-order valence-corrected chi connectivity index (χ0v) is 25.4. The zero-order chi connectivity index (χ0) is 31.3. The van der Waals surface area contributed by atoms with Gasteiger partial charge in [0.25, 0.3) is 0 Å². The fourth-order valence-electron chi connectivity index (χ4n) is 5.93. The number of aromatic amines is 1. The number of nitrogens with one attached hydrogen (secondary N) is 5. The number of carbonyl (C=O) groups excluding carboxylic acids is 5. The molecule has 0 radical (unpaired) electrons. The molecule has 2 aliphatic heterocycles. The van der Waals surface area contributed by atoms with Gasteiger partial charge >= 0.3 is 0 Å². The normalized spacial score (nSPS) is 26.1. The molecule has 2 aromatic rings. The minimum Gasteiger partial charge on any atom is -0.361 e. The highest BCUT2D eigenvalue weighted by atomic mass is 16.2. The van der Waals surface area contributed by atoms with Crippen LogP contribution in [0.1, 0.15) is 58.9 Å². The van der Waals surface area contributed by atoms with Crippen molar-refractivity contribution in [3.63, 3.8) is 0 Å². The summed E-state index contributed by atoms with van der Waals surface area (Å²) in [4.78, 5) is 73.1. The summed E-state index contributed by atoms with van der Waals surface area (Å²) in [6.45, 7) is 8.02. The number of nitrogens with zero attached hydrogens (tertiary/aromatic N) is 1. The summed E-state index contributed by atoms with van der Waals surface area (Å²) >= 11 is 0. The Kier molecular flexibility index (Phi) is 10.4. The number of hydrogen-bond acceptors (Lipinski definition) is 6. The Hall–Kier alpha value is -3.93. The molecule has 12 nitrogen and oxygen atoms in total. The van der Waals surface area contributed by atoms with Gasteiger partial charge in [-0.3, -0.25) is 24.0 Å². The van der Waals surface area contributed by atoms with Crippen LogP contribution in [0.4, 0.5) is 0 Å². The van der Waals surface area contributed by atoms with Gasteiger partial charge in [-0.1, -0.05) is 45.9 Å². The van der Waals surface area contributed by atoms with E-state index in [1.807, 2.05) is 52.0 Å². The van der Waals surface area contributed by atoms with Gasteiger partial charge in [-0.2, -0.15) is 0 Å². The molecule has 5 amide bonds. The smallest absolute Gasteiger partial charge is 0.246 e. The van der Waals surface area contributed by atoms with E-state index in [0.717, 1.165) is 16.5 Å². The maximum atomic E-state index is 13.9. The van der Waals surface area contributed by atoms with Gasteiger partial charge in [-0.15, -0.1) is 0 Å². The van der Waals surface area contributed by atoms with Crippen molar-refractivity contribution in [3.05, 3.63) is 36.0 Å². The van der Waals surface area contributed by atoms with Crippen molar-refractivity contribution in [2.45, 2.75) is 90.0 Å². The highest BCUT2D eigenvalue weighted by Crippen LogP contribution is 2.22. The average molecular weight is 596 g/mol. The summed E-state index contributed by atoms with van der Waals surface area (Å²) in [7, 11) is 0. The summed E-state index contributed by atoms with van der Waals surface area (Å²) in [6, 6.07) is 2.96. The monoisotopic (exact) mass is 595 g/mol. The van der Waals surface area contributed by atoms with Crippen molar-refractivity contribution in [3.8, 4) is 0 Å². The average Bonchev–Trinajstić information content (AvgIpc) is 3.61. The number of H-pyrrole nitrogens is 1. The lowest BCUT2D eigenvalue weighted by Gasteiger charge is -2.32. The fourth-order valence-corrected chi connectivity index (χ4v) is 5.93. The second-order valence-electron chi connectivity index (χ2n) is 12.4. The predicted molar refractivity (Wildman–Crippen MR) is 162 cm³/mol. The van der Waals surface area contributed by atoms with Gasteiger partial charge in [-0.25, -0.2) is 0 Å². The Bertz CT molecular complexity index is 1340. The fraction of sp³-hybridized carbons (Fsp3) is 0.581. The summed E-state index contributed by atoms with van der Waals surface area (Å²) in [5.41, 5.74) is 7.51. The van der Waals surface area contributed by atoms with Crippen LogP contribution in [0.5, 0.6) is 0 Å². The Balaban J connectivity index is 1.73. The highest BCUT2D eigenvalue weighted by Gasteiger charge is 2.41. The Morgan fingerprint density at radius 3 is 2.21 bits per heavy atom. The van der Waals surface area contributed by atoms with E-state index in [9.17, 15) is 24.0 Å². The second kappa shape index (κ2) is 14.0. The van der Waals surface area contributed by atoms with Gasteiger partial charge in [0.1, 0.15) is 30.2 Å². The first-order valence-corrected chi connectivity index (χ1v) is 15.3. The molecule has 2 fully saturated rings. The summed E-state index contributed by atoms with van der Waals surface area (Å²) in [6.07, 6.45) is 3.47. The van der Waals surface area contributed by atoms with Crippen molar-refractivity contribution in [1.29, 1.82) is 0 Å². The third-order valence-corrected chi connectivity index (χ3v) is 8.23. The van der Waals surface area contributed by atoms with E-state index in [4.69, 9.17) is 5.73 Å². The number of aromatic nitrogens is 1. The second-order valence-corrected chi connectivity index (χ2v) is 12.4. The molecule has 234 valence electrons. The van der Waals surface area contributed by atoms with Crippen LogP contribution in [0.15, 0.2) is 30.5 Å². The molecule has 12 heteroatoms. The molecule has 43 heavy (non-hydrogen) atoms. The van der Waals surface area contributed by atoms with Crippen LogP contribution < -0.4 is 27.0 Å². The topological polar surface area (TPSA) is 179 Å². The molecule has 0 unspecified atom stereocenters. The first-order chi connectivity index (χ1) is 20.5. The molecule has 5 atom stereocenters. The molecule has 0 bridgehead atoms. The van der Waals surface area contributed by atoms with Crippen molar-refractivity contribution >= 4 is 40.4 Å². The van der Waals surface area contributed by atoms with E-state index in [-0.39, 0.29) is 37.1 Å². The lowest BCUT2D eigenvalue weighted by atomic mass is 9.98. The summed E-state index contributed by atoms with van der Waals surface area (Å²) < 4.78 is 0. The maximum absolute atomic E-state index is 13.9. The molecule has 2 saturated heterocycles. The number of para-hydroxylation sites is 1. The highest BCUT2D eigenvalue weighted by molar-refractivity contribution is 5.98. The number of fused-ring (bicyclic) bond motifs is 2. The van der Waals surface area contributed by atoms with Gasteiger partial charge in [0, 0.05) is 30.1 Å². The van der Waals surface area contributed by atoms with E-state index in [1.54, 1.807) is 6.20 Å². The van der Waals surface area contributed by atoms with E-state index in [2.05, 4.69) is 26.3 Å². The third-order valence-electron chi connectivity index (χ3n) is 8.23. The Labute approximate surface area is 252 Å². The molecule has 0 aliphatic carbocycles. The minimum absolute atomic E-state index is 0.0479. The van der Waals surface area contributed by atoms with Crippen LogP contribution >= 0.6 is 0 Å². The van der Waals surface area contributed by atoms with E-state index in [1.165, 1.54) is 4.90 Å². The van der Waals surface area contributed by atoms with Crippen LogP contribution in [-0.2, 0) is 30.4 Å². The molecule has 0 spiro atoms. The van der Waals surface area contributed by atoms with Gasteiger partial charge in [0.15, 0.2) is 0 Å². The largest absolute Gasteiger partial charge is 0.361 e. The first-order valence-electron chi connectivity index (χ1n) is 15.3. The lowest BCUT2D eigenvalue weighted by Crippen LogP contribution is -2.59. The van der Waals surface area contributed by atoms with Crippen LogP contribution in [-0.4, -0.2) is 82.7 Å². The molecular formula is C31H45N7O5. The van der Waals surface area contributed by atoms with Crippen molar-refractivity contribution in [1.82, 2.24) is 31.2 Å². The third kappa shape index (κ3) is 7.54. The minimum atomic E-state index is -1.05. The molecule has 7 N–H and O–H groups in total. The summed E-state index contributed by atoms with van der Waals surface area (Å²) in [5, 5.41) is 12.3. The number of nitrogens with two attached hydrogens (primary N) is 1. The van der Waals surface area contributed by atoms with Crippen molar-refractivity contribution in [2.75, 3.05) is 13.1 Å². The van der Waals surface area contributed by atoms with Crippen LogP contribution in [0.2, 0.25) is 0 Å².